The van der Waals surface area contributed by atoms with E-state index in [1.54, 1.807) is 0 Å². The van der Waals surface area contributed by atoms with Crippen LogP contribution in [0.15, 0.2) is 0 Å². The Morgan fingerprint density at radius 1 is 1.00 bits per heavy atom. The van der Waals surface area contributed by atoms with Crippen molar-refractivity contribution in [2.75, 3.05) is 13.7 Å². The highest BCUT2D eigenvalue weighted by molar-refractivity contribution is 4.92. The van der Waals surface area contributed by atoms with Gasteiger partial charge in [0.2, 0.25) is 0 Å². The van der Waals surface area contributed by atoms with Crippen molar-refractivity contribution in [1.82, 2.24) is 0 Å². The lowest BCUT2D eigenvalue weighted by molar-refractivity contribution is -0.0489. The Morgan fingerprint density at radius 2 is 1.71 bits per heavy atom. The molecule has 3 unspecified atom stereocenters. The standard InChI is InChI=1S/C19H36O2/c1-12(2)15-6-7-17(16(9-15)11-20)18-10-19(21-5)14(4)8-13(18)3/h12-20H,6-11H2,1-5H3/t13-,14+,15?,16-,17?,18?,19-/m0/s1. The van der Waals surface area contributed by atoms with Crippen LogP contribution in [0.3, 0.4) is 0 Å². The van der Waals surface area contributed by atoms with Gasteiger partial charge in [-0.3, -0.25) is 0 Å². The molecule has 124 valence electrons. The number of ether oxygens (including phenoxy) is 1. The molecule has 2 aliphatic rings. The van der Waals surface area contributed by atoms with E-state index in [0.717, 1.165) is 23.7 Å². The third-order valence-corrected chi connectivity index (χ3v) is 6.73. The molecular formula is C19H36O2. The molecule has 0 aromatic carbocycles. The largest absolute Gasteiger partial charge is 0.396 e. The van der Waals surface area contributed by atoms with Crippen LogP contribution in [0.1, 0.15) is 59.8 Å². The van der Waals surface area contributed by atoms with Crippen LogP contribution in [-0.2, 0) is 4.74 Å². The average Bonchev–Trinajstić information content (AvgIpc) is 2.47. The van der Waals surface area contributed by atoms with Crippen molar-refractivity contribution in [1.29, 1.82) is 0 Å². The van der Waals surface area contributed by atoms with Crippen LogP contribution in [0.4, 0.5) is 0 Å². The SMILES string of the molecule is CO[C@H]1CC(C2CCC(C(C)C)C[C@H]2CO)[C@@H](C)C[C@H]1C. The van der Waals surface area contributed by atoms with Gasteiger partial charge < -0.3 is 9.84 Å². The van der Waals surface area contributed by atoms with Gasteiger partial charge in [0.1, 0.15) is 0 Å². The lowest BCUT2D eigenvalue weighted by Crippen LogP contribution is -2.42. The molecule has 2 nitrogen and oxygen atoms in total. The molecule has 0 bridgehead atoms. The first kappa shape index (κ1) is 17.3. The summed E-state index contributed by atoms with van der Waals surface area (Å²) in [6.45, 7) is 9.82. The maximum absolute atomic E-state index is 9.92. The minimum absolute atomic E-state index is 0.379. The summed E-state index contributed by atoms with van der Waals surface area (Å²) in [6, 6.07) is 0. The lowest BCUT2D eigenvalue weighted by atomic mass is 9.60. The third kappa shape index (κ3) is 3.82. The fraction of sp³-hybridized carbons (Fsp3) is 1.00. The number of aliphatic hydroxyl groups excluding tert-OH is 1. The summed E-state index contributed by atoms with van der Waals surface area (Å²) in [5, 5.41) is 9.92. The van der Waals surface area contributed by atoms with Gasteiger partial charge in [0, 0.05) is 13.7 Å². The minimum atomic E-state index is 0.379. The van der Waals surface area contributed by atoms with Crippen LogP contribution in [0, 0.1) is 41.4 Å². The molecule has 0 amide bonds. The summed E-state index contributed by atoms with van der Waals surface area (Å²) in [6.07, 6.45) is 6.81. The fourth-order valence-corrected chi connectivity index (χ4v) is 5.27. The second kappa shape index (κ2) is 7.46. The molecule has 0 radical (unpaired) electrons. The molecule has 2 saturated carbocycles. The summed E-state index contributed by atoms with van der Waals surface area (Å²) in [5.41, 5.74) is 0. The van der Waals surface area contributed by atoms with Crippen molar-refractivity contribution in [3.05, 3.63) is 0 Å². The quantitative estimate of drug-likeness (QED) is 0.835. The van der Waals surface area contributed by atoms with Crippen molar-refractivity contribution in [2.24, 2.45) is 41.4 Å². The number of rotatable bonds is 4. The highest BCUT2D eigenvalue weighted by Gasteiger charge is 2.42. The zero-order valence-corrected chi connectivity index (χ0v) is 14.7. The lowest BCUT2D eigenvalue weighted by Gasteiger charge is -2.47. The molecule has 21 heavy (non-hydrogen) atoms. The van der Waals surface area contributed by atoms with Crippen LogP contribution in [-0.4, -0.2) is 24.9 Å². The number of hydrogen-bond acceptors (Lipinski definition) is 2. The molecule has 0 aromatic rings. The average molecular weight is 296 g/mol. The van der Waals surface area contributed by atoms with Gasteiger partial charge in [-0.15, -0.1) is 0 Å². The van der Waals surface area contributed by atoms with Crippen LogP contribution in [0.2, 0.25) is 0 Å². The number of methoxy groups -OCH3 is 1. The maximum Gasteiger partial charge on any atom is 0.0599 e. The Morgan fingerprint density at radius 3 is 2.29 bits per heavy atom. The summed E-state index contributed by atoms with van der Waals surface area (Å²) in [5.74, 6) is 5.01. The zero-order valence-electron chi connectivity index (χ0n) is 14.7. The van der Waals surface area contributed by atoms with E-state index < -0.39 is 0 Å². The normalized spacial score (nSPS) is 45.0. The molecule has 2 heteroatoms. The van der Waals surface area contributed by atoms with E-state index in [1.807, 2.05) is 7.11 Å². The zero-order chi connectivity index (χ0) is 15.6. The van der Waals surface area contributed by atoms with Gasteiger partial charge in [-0.2, -0.15) is 0 Å². The Labute approximate surface area is 131 Å². The topological polar surface area (TPSA) is 29.5 Å². The van der Waals surface area contributed by atoms with E-state index in [9.17, 15) is 5.11 Å². The van der Waals surface area contributed by atoms with Gasteiger partial charge in [-0.05, 0) is 73.5 Å². The summed E-state index contributed by atoms with van der Waals surface area (Å²) >= 11 is 0. The Kier molecular flexibility index (Phi) is 6.14. The van der Waals surface area contributed by atoms with Gasteiger partial charge in [-0.1, -0.05) is 27.7 Å². The summed E-state index contributed by atoms with van der Waals surface area (Å²) < 4.78 is 5.74. The Bertz CT molecular complexity index is 315. The second-order valence-electron chi connectivity index (χ2n) is 8.29. The first-order valence-electron chi connectivity index (χ1n) is 9.11. The van der Waals surface area contributed by atoms with E-state index >= 15 is 0 Å². The molecule has 0 saturated heterocycles. The van der Waals surface area contributed by atoms with Crippen molar-refractivity contribution in [2.45, 2.75) is 65.9 Å². The van der Waals surface area contributed by atoms with Gasteiger partial charge in [0.25, 0.3) is 0 Å². The predicted octanol–water partition coefficient (Wildman–Crippen LogP) is 4.36. The molecule has 7 atom stereocenters. The molecule has 2 fully saturated rings. The molecule has 0 aromatic heterocycles. The molecule has 2 rings (SSSR count). The van der Waals surface area contributed by atoms with Gasteiger partial charge in [-0.25, -0.2) is 0 Å². The first-order valence-corrected chi connectivity index (χ1v) is 9.11. The molecule has 0 spiro atoms. The highest BCUT2D eigenvalue weighted by Crippen LogP contribution is 2.48. The first-order chi connectivity index (χ1) is 9.97. The van der Waals surface area contributed by atoms with Gasteiger partial charge in [0.05, 0.1) is 6.10 Å². The van der Waals surface area contributed by atoms with E-state index in [1.165, 1.54) is 32.1 Å². The smallest absolute Gasteiger partial charge is 0.0599 e. The van der Waals surface area contributed by atoms with Crippen LogP contribution < -0.4 is 0 Å². The summed E-state index contributed by atoms with van der Waals surface area (Å²) in [7, 11) is 1.87. The Hall–Kier alpha value is -0.0800. The molecule has 0 heterocycles. The van der Waals surface area contributed by atoms with Crippen LogP contribution in [0.25, 0.3) is 0 Å². The molecule has 1 N–H and O–H groups in total. The van der Waals surface area contributed by atoms with Crippen molar-refractivity contribution in [3.8, 4) is 0 Å². The molecular weight excluding hydrogens is 260 g/mol. The molecule has 0 aliphatic heterocycles. The van der Waals surface area contributed by atoms with Crippen molar-refractivity contribution in [3.63, 3.8) is 0 Å². The van der Waals surface area contributed by atoms with Gasteiger partial charge in [0.15, 0.2) is 0 Å². The van der Waals surface area contributed by atoms with E-state index in [2.05, 4.69) is 27.7 Å². The van der Waals surface area contributed by atoms with Crippen LogP contribution >= 0.6 is 0 Å². The maximum atomic E-state index is 9.92. The van der Waals surface area contributed by atoms with Crippen molar-refractivity contribution >= 4 is 0 Å². The Balaban J connectivity index is 2.05. The van der Waals surface area contributed by atoms with Gasteiger partial charge >= 0.3 is 0 Å². The predicted molar refractivity (Wildman–Crippen MR) is 88.1 cm³/mol. The van der Waals surface area contributed by atoms with Crippen molar-refractivity contribution < 1.29 is 9.84 Å². The third-order valence-electron chi connectivity index (χ3n) is 6.73. The van der Waals surface area contributed by atoms with E-state index in [-0.39, 0.29) is 0 Å². The number of hydrogen-bond donors (Lipinski definition) is 1. The van der Waals surface area contributed by atoms with E-state index in [0.29, 0.717) is 30.5 Å². The highest BCUT2D eigenvalue weighted by atomic mass is 16.5. The number of aliphatic hydroxyl groups is 1. The second-order valence-corrected chi connectivity index (χ2v) is 8.29. The minimum Gasteiger partial charge on any atom is -0.396 e. The summed E-state index contributed by atoms with van der Waals surface area (Å²) in [4.78, 5) is 0. The monoisotopic (exact) mass is 296 g/mol. The fourth-order valence-electron chi connectivity index (χ4n) is 5.27. The van der Waals surface area contributed by atoms with Crippen LogP contribution in [0.5, 0.6) is 0 Å². The van der Waals surface area contributed by atoms with E-state index in [4.69, 9.17) is 4.74 Å². The molecule has 2 aliphatic carbocycles.